The van der Waals surface area contributed by atoms with Crippen LogP contribution in [0.5, 0.6) is 0 Å². The van der Waals surface area contributed by atoms with Gasteiger partial charge in [0, 0.05) is 12.7 Å². The van der Waals surface area contributed by atoms with E-state index in [4.69, 9.17) is 0 Å². The van der Waals surface area contributed by atoms with Crippen LogP contribution in [0.4, 0.5) is 5.69 Å². The van der Waals surface area contributed by atoms with Gasteiger partial charge in [-0.05, 0) is 37.6 Å². The van der Waals surface area contributed by atoms with Crippen LogP contribution in [0.3, 0.4) is 0 Å². The molecule has 2 aliphatic rings. The third-order valence-electron chi connectivity index (χ3n) is 6.63. The van der Waals surface area contributed by atoms with Crippen LogP contribution in [-0.4, -0.2) is 11.6 Å². The summed E-state index contributed by atoms with van der Waals surface area (Å²) in [5.41, 5.74) is 5.50. The molecule has 0 saturated heterocycles. The van der Waals surface area contributed by atoms with Gasteiger partial charge in [-0.25, -0.2) is 9.13 Å². The maximum atomic E-state index is 2.57. The summed E-state index contributed by atoms with van der Waals surface area (Å²) in [6.45, 7) is 4.83. The van der Waals surface area contributed by atoms with Crippen LogP contribution < -0.4 is 9.47 Å². The number of nitrogens with zero attached hydrogens (tertiary/aromatic N) is 3. The van der Waals surface area contributed by atoms with Crippen molar-refractivity contribution in [1.82, 2.24) is 4.57 Å². The van der Waals surface area contributed by atoms with Gasteiger partial charge in [-0.15, -0.1) is 0 Å². The lowest BCUT2D eigenvalue weighted by atomic mass is 9.74. The highest BCUT2D eigenvalue weighted by Crippen LogP contribution is 2.59. The number of hydrogen-bond donors (Lipinski definition) is 0. The third-order valence-corrected chi connectivity index (χ3v) is 6.63. The summed E-state index contributed by atoms with van der Waals surface area (Å²) in [6.07, 6.45) is 1.07. The van der Waals surface area contributed by atoms with E-state index in [-0.39, 0.29) is 11.1 Å². The Kier molecular flexibility index (Phi) is 2.17. The van der Waals surface area contributed by atoms with Crippen molar-refractivity contribution >= 4 is 16.7 Å². The number of imidazole rings is 1. The molecule has 2 atom stereocenters. The molecule has 0 fully saturated rings. The minimum absolute atomic E-state index is 0.0765. The lowest BCUT2D eigenvalue weighted by molar-refractivity contribution is -0.653. The van der Waals surface area contributed by atoms with Crippen molar-refractivity contribution in [3.63, 3.8) is 0 Å². The molecule has 0 N–H and O–H groups in total. The summed E-state index contributed by atoms with van der Waals surface area (Å²) in [5, 5.41) is 0. The smallest absolute Gasteiger partial charge is 0.260 e. The molecule has 2 aliphatic heterocycles. The van der Waals surface area contributed by atoms with Crippen LogP contribution in [0.25, 0.3) is 11.0 Å². The first-order valence-corrected chi connectivity index (χ1v) is 8.32. The highest BCUT2D eigenvalue weighted by molar-refractivity contribution is 5.76. The Balaban J connectivity index is 1.91. The molecule has 0 aliphatic carbocycles. The second kappa shape index (κ2) is 3.78. The minimum atomic E-state index is -0.0765. The summed E-state index contributed by atoms with van der Waals surface area (Å²) >= 11 is 0. The fraction of sp³-hybridized carbons (Fsp3) is 0.350. The van der Waals surface area contributed by atoms with Crippen molar-refractivity contribution in [2.75, 3.05) is 11.9 Å². The first kappa shape index (κ1) is 13.2. The van der Waals surface area contributed by atoms with Crippen molar-refractivity contribution in [1.29, 1.82) is 0 Å². The topological polar surface area (TPSA) is 12.1 Å². The zero-order chi connectivity index (χ0) is 16.0. The number of para-hydroxylation sites is 3. The van der Waals surface area contributed by atoms with Crippen LogP contribution in [0.1, 0.15) is 25.2 Å². The molecule has 2 aromatic carbocycles. The third kappa shape index (κ3) is 1.20. The number of benzene rings is 2. The minimum Gasteiger partial charge on any atom is -0.333 e. The Morgan fingerprint density at radius 3 is 2.52 bits per heavy atom. The molecule has 3 aromatic rings. The van der Waals surface area contributed by atoms with E-state index in [0.29, 0.717) is 0 Å². The average molecular weight is 304 g/mol. The van der Waals surface area contributed by atoms with E-state index in [0.717, 1.165) is 6.42 Å². The molecule has 3 heterocycles. The Morgan fingerprint density at radius 2 is 1.70 bits per heavy atom. The van der Waals surface area contributed by atoms with E-state index in [1.54, 1.807) is 0 Å². The van der Waals surface area contributed by atoms with Crippen LogP contribution in [-0.2, 0) is 24.5 Å². The van der Waals surface area contributed by atoms with Gasteiger partial charge < -0.3 is 4.90 Å². The predicted octanol–water partition coefficient (Wildman–Crippen LogP) is 3.10. The van der Waals surface area contributed by atoms with Crippen molar-refractivity contribution in [3.8, 4) is 0 Å². The number of hydrogen-bond acceptors (Lipinski definition) is 1. The molecular formula is C20H22N3+. The van der Waals surface area contributed by atoms with E-state index < -0.39 is 0 Å². The highest BCUT2D eigenvalue weighted by Gasteiger charge is 2.66. The molecule has 3 heteroatoms. The molecule has 2 unspecified atom stereocenters. The van der Waals surface area contributed by atoms with Crippen LogP contribution >= 0.6 is 0 Å². The number of aromatic nitrogens is 2. The first-order chi connectivity index (χ1) is 11.0. The second-order valence-corrected chi connectivity index (χ2v) is 7.41. The Labute approximate surface area is 136 Å². The summed E-state index contributed by atoms with van der Waals surface area (Å²) in [4.78, 5) is 2.48. The van der Waals surface area contributed by atoms with Crippen molar-refractivity contribution in [2.24, 2.45) is 7.05 Å². The molecule has 0 spiro atoms. The van der Waals surface area contributed by atoms with Gasteiger partial charge in [-0.2, -0.15) is 0 Å². The number of fused-ring (bicyclic) bond motifs is 7. The predicted molar refractivity (Wildman–Crippen MR) is 92.7 cm³/mol. The monoisotopic (exact) mass is 304 g/mol. The molecular weight excluding hydrogens is 282 g/mol. The van der Waals surface area contributed by atoms with Crippen LogP contribution in [0, 0.1) is 0 Å². The van der Waals surface area contributed by atoms with Crippen LogP contribution in [0.2, 0.25) is 0 Å². The average Bonchev–Trinajstić information content (AvgIpc) is 3.05. The molecule has 3 nitrogen and oxygen atoms in total. The van der Waals surface area contributed by atoms with E-state index in [9.17, 15) is 0 Å². The SMILES string of the molecule is CN1c2ccccc2C2(C)Cc3n(c4ccccc4[n+]3C)C12C. The Hall–Kier alpha value is -2.29. The van der Waals surface area contributed by atoms with Gasteiger partial charge in [0.1, 0.15) is 0 Å². The van der Waals surface area contributed by atoms with Crippen molar-refractivity contribution in [2.45, 2.75) is 31.3 Å². The van der Waals surface area contributed by atoms with Crippen molar-refractivity contribution in [3.05, 3.63) is 59.9 Å². The van der Waals surface area contributed by atoms with Gasteiger partial charge >= 0.3 is 0 Å². The molecule has 0 amide bonds. The van der Waals surface area contributed by atoms with Crippen LogP contribution in [0.15, 0.2) is 48.5 Å². The quantitative estimate of drug-likeness (QED) is 0.581. The zero-order valence-corrected chi connectivity index (χ0v) is 14.2. The largest absolute Gasteiger partial charge is 0.333 e. The Morgan fingerprint density at radius 1 is 1.00 bits per heavy atom. The van der Waals surface area contributed by atoms with Gasteiger partial charge in [0.25, 0.3) is 5.82 Å². The first-order valence-electron chi connectivity index (χ1n) is 8.32. The molecule has 5 rings (SSSR count). The van der Waals surface area contributed by atoms with E-state index in [1.807, 2.05) is 0 Å². The fourth-order valence-corrected chi connectivity index (χ4v) is 5.12. The number of likely N-dealkylation sites (N-methyl/N-ethyl adjacent to an activating group) is 1. The molecule has 0 radical (unpaired) electrons. The van der Waals surface area contributed by atoms with E-state index in [1.165, 1.54) is 28.1 Å². The normalized spacial score (nSPS) is 28.1. The number of rotatable bonds is 0. The van der Waals surface area contributed by atoms with Gasteiger partial charge in [0.15, 0.2) is 16.7 Å². The molecule has 0 saturated carbocycles. The van der Waals surface area contributed by atoms with E-state index >= 15 is 0 Å². The van der Waals surface area contributed by atoms with E-state index in [2.05, 4.69) is 90.5 Å². The second-order valence-electron chi connectivity index (χ2n) is 7.41. The van der Waals surface area contributed by atoms with Gasteiger partial charge in [-0.3, -0.25) is 0 Å². The molecule has 0 bridgehead atoms. The maximum absolute atomic E-state index is 2.57. The summed E-state index contributed by atoms with van der Waals surface area (Å²) in [5.74, 6) is 1.41. The molecule has 116 valence electrons. The summed E-state index contributed by atoms with van der Waals surface area (Å²) < 4.78 is 4.95. The number of aryl methyl sites for hydroxylation is 1. The van der Waals surface area contributed by atoms with Gasteiger partial charge in [0.2, 0.25) is 0 Å². The summed E-state index contributed by atoms with van der Waals surface area (Å²) in [6, 6.07) is 17.7. The maximum Gasteiger partial charge on any atom is 0.260 e. The fourth-order valence-electron chi connectivity index (χ4n) is 5.12. The molecule has 1 aromatic heterocycles. The lowest BCUT2D eigenvalue weighted by Crippen LogP contribution is -2.51. The number of anilines is 1. The van der Waals surface area contributed by atoms with Gasteiger partial charge in [0.05, 0.1) is 18.9 Å². The van der Waals surface area contributed by atoms with Gasteiger partial charge in [-0.1, -0.05) is 30.3 Å². The van der Waals surface area contributed by atoms with Crippen molar-refractivity contribution < 1.29 is 4.57 Å². The molecule has 23 heavy (non-hydrogen) atoms. The standard InChI is InChI=1S/C20H22N3/c1-19-13-18-21(3)16-11-7-8-12-17(16)23(18)20(19,2)22(4)15-10-6-5-9-14(15)19/h5-12H,13H2,1-4H3/q+1. The lowest BCUT2D eigenvalue weighted by Gasteiger charge is -2.37. The summed E-state index contributed by atoms with van der Waals surface area (Å²) in [7, 11) is 4.45. The Bertz CT molecular complexity index is 970. The highest BCUT2D eigenvalue weighted by atomic mass is 15.4. The zero-order valence-electron chi connectivity index (χ0n) is 14.2.